The molecule has 0 aromatic rings. The van der Waals surface area contributed by atoms with Crippen LogP contribution in [0.3, 0.4) is 0 Å². The van der Waals surface area contributed by atoms with Gasteiger partial charge in [0.1, 0.15) is 11.6 Å². The monoisotopic (exact) mass is 378 g/mol. The minimum Gasteiger partial charge on any atom is -0.342 e. The molecule has 0 aliphatic carbocycles. The number of hydrogen-bond donors (Lipinski definition) is 1. The Kier molecular flexibility index (Phi) is 5.96. The number of amides is 4. The molecule has 3 heterocycles. The first-order valence-electron chi connectivity index (χ1n) is 10.6. The summed E-state index contributed by atoms with van der Waals surface area (Å²) in [5.74, 6) is 0.357. The van der Waals surface area contributed by atoms with Gasteiger partial charge in [-0.15, -0.1) is 0 Å². The minimum absolute atomic E-state index is 0.0329. The number of nitrogens with one attached hydrogen (secondary N) is 1. The van der Waals surface area contributed by atoms with Crippen molar-refractivity contribution in [2.75, 3.05) is 32.7 Å². The summed E-state index contributed by atoms with van der Waals surface area (Å²) in [4.78, 5) is 44.5. The molecule has 3 fully saturated rings. The highest BCUT2D eigenvalue weighted by Gasteiger charge is 2.53. The third kappa shape index (κ3) is 3.78. The van der Waals surface area contributed by atoms with E-state index in [4.69, 9.17) is 0 Å². The van der Waals surface area contributed by atoms with E-state index in [-0.39, 0.29) is 17.8 Å². The van der Waals surface area contributed by atoms with E-state index in [9.17, 15) is 14.4 Å². The number of carbonyl (C=O) groups is 3. The number of rotatable bonds is 4. The van der Waals surface area contributed by atoms with Crippen molar-refractivity contribution in [1.82, 2.24) is 20.0 Å². The largest absolute Gasteiger partial charge is 0.342 e. The Morgan fingerprint density at radius 3 is 2.26 bits per heavy atom. The van der Waals surface area contributed by atoms with Gasteiger partial charge in [0.2, 0.25) is 11.8 Å². The topological polar surface area (TPSA) is 73.0 Å². The molecule has 3 aliphatic heterocycles. The normalized spacial score (nSPS) is 25.5. The second-order valence-electron chi connectivity index (χ2n) is 8.64. The number of carbonyl (C=O) groups excluding carboxylic acids is 3. The molecule has 1 unspecified atom stereocenters. The van der Waals surface area contributed by atoms with Gasteiger partial charge >= 0.3 is 6.03 Å². The summed E-state index contributed by atoms with van der Waals surface area (Å²) in [7, 11) is 0. The zero-order chi connectivity index (χ0) is 19.6. The van der Waals surface area contributed by atoms with Crippen LogP contribution in [0, 0.1) is 5.92 Å². The highest BCUT2D eigenvalue weighted by molar-refractivity contribution is 6.00. The van der Waals surface area contributed by atoms with E-state index < -0.39 is 11.6 Å². The predicted molar refractivity (Wildman–Crippen MR) is 103 cm³/mol. The van der Waals surface area contributed by atoms with Gasteiger partial charge < -0.3 is 20.0 Å². The lowest BCUT2D eigenvalue weighted by Gasteiger charge is -2.52. The van der Waals surface area contributed by atoms with Crippen molar-refractivity contribution in [3.8, 4) is 0 Å². The van der Waals surface area contributed by atoms with Gasteiger partial charge in [-0.05, 0) is 44.4 Å². The first kappa shape index (κ1) is 20.0. The molecule has 3 aliphatic rings. The maximum Gasteiger partial charge on any atom is 0.320 e. The van der Waals surface area contributed by atoms with Crippen molar-refractivity contribution < 1.29 is 14.4 Å². The molecule has 0 bridgehead atoms. The van der Waals surface area contributed by atoms with Crippen LogP contribution in [-0.2, 0) is 9.59 Å². The van der Waals surface area contributed by atoms with E-state index in [0.29, 0.717) is 44.8 Å². The Labute approximate surface area is 162 Å². The number of hydrogen-bond acceptors (Lipinski definition) is 3. The summed E-state index contributed by atoms with van der Waals surface area (Å²) in [5.41, 5.74) is -0.789. The second-order valence-corrected chi connectivity index (χ2v) is 8.64. The van der Waals surface area contributed by atoms with Crippen molar-refractivity contribution >= 4 is 17.8 Å². The highest BCUT2D eigenvalue weighted by Crippen LogP contribution is 2.34. The molecule has 1 spiro atoms. The van der Waals surface area contributed by atoms with Crippen LogP contribution < -0.4 is 5.32 Å². The molecule has 0 saturated carbocycles. The van der Waals surface area contributed by atoms with Crippen molar-refractivity contribution in [2.45, 2.75) is 70.9 Å². The molecule has 3 rings (SSSR count). The fraction of sp³-hybridized carbons (Fsp3) is 0.850. The SMILES string of the molecule is CCCN1C(=O)C(CC(C)C)NC(=O)C12CCN(C(=O)N1CCCC1)CC2. The lowest BCUT2D eigenvalue weighted by Crippen LogP contribution is -2.73. The first-order chi connectivity index (χ1) is 12.9. The summed E-state index contributed by atoms with van der Waals surface area (Å²) < 4.78 is 0. The second kappa shape index (κ2) is 8.07. The maximum atomic E-state index is 13.1. The smallest absolute Gasteiger partial charge is 0.320 e. The summed E-state index contributed by atoms with van der Waals surface area (Å²) >= 11 is 0. The highest BCUT2D eigenvalue weighted by atomic mass is 16.2. The number of piperidine rings is 1. The summed E-state index contributed by atoms with van der Waals surface area (Å²) in [6, 6.07) is -0.330. The molecule has 152 valence electrons. The van der Waals surface area contributed by atoms with Crippen LogP contribution in [0.25, 0.3) is 0 Å². The van der Waals surface area contributed by atoms with Crippen molar-refractivity contribution in [1.29, 1.82) is 0 Å². The van der Waals surface area contributed by atoms with E-state index in [1.54, 1.807) is 0 Å². The standard InChI is InChI=1S/C20H34N4O3/c1-4-9-24-17(25)16(14-15(2)3)21-18(26)20(24)7-12-23(13-8-20)19(27)22-10-5-6-11-22/h15-16H,4-14H2,1-3H3,(H,21,26). The van der Waals surface area contributed by atoms with Crippen molar-refractivity contribution in [2.24, 2.45) is 5.92 Å². The van der Waals surface area contributed by atoms with Crippen LogP contribution in [0.4, 0.5) is 4.79 Å². The average Bonchev–Trinajstić information content (AvgIpc) is 3.18. The van der Waals surface area contributed by atoms with E-state index in [0.717, 1.165) is 32.4 Å². The van der Waals surface area contributed by atoms with Gasteiger partial charge in [-0.25, -0.2) is 4.79 Å². The van der Waals surface area contributed by atoms with E-state index in [1.807, 2.05) is 21.6 Å². The third-order valence-electron chi connectivity index (χ3n) is 6.20. The predicted octanol–water partition coefficient (Wildman–Crippen LogP) is 1.82. The Balaban J connectivity index is 1.73. The van der Waals surface area contributed by atoms with Gasteiger partial charge in [0, 0.05) is 32.7 Å². The van der Waals surface area contributed by atoms with Crippen molar-refractivity contribution in [3.63, 3.8) is 0 Å². The van der Waals surface area contributed by atoms with Crippen LogP contribution >= 0.6 is 0 Å². The van der Waals surface area contributed by atoms with Gasteiger partial charge in [-0.2, -0.15) is 0 Å². The molecule has 1 N–H and O–H groups in total. The maximum absolute atomic E-state index is 13.1. The first-order valence-corrected chi connectivity index (χ1v) is 10.6. The Bertz CT molecular complexity index is 578. The molecular formula is C20H34N4O3. The fourth-order valence-electron chi connectivity index (χ4n) is 4.73. The van der Waals surface area contributed by atoms with E-state index >= 15 is 0 Å². The van der Waals surface area contributed by atoms with E-state index in [2.05, 4.69) is 19.2 Å². The number of likely N-dealkylation sites (tertiary alicyclic amines) is 2. The van der Waals surface area contributed by atoms with Gasteiger partial charge in [0.15, 0.2) is 0 Å². The molecule has 0 aromatic heterocycles. The molecule has 27 heavy (non-hydrogen) atoms. The number of piperazine rings is 1. The Morgan fingerprint density at radius 2 is 1.70 bits per heavy atom. The fourth-order valence-corrected chi connectivity index (χ4v) is 4.73. The summed E-state index contributed by atoms with van der Waals surface area (Å²) in [6.07, 6.45) is 4.69. The van der Waals surface area contributed by atoms with Crippen LogP contribution in [0.5, 0.6) is 0 Å². The lowest BCUT2D eigenvalue weighted by atomic mass is 9.81. The average molecular weight is 379 g/mol. The molecule has 4 amide bonds. The van der Waals surface area contributed by atoms with Gasteiger partial charge in [0.05, 0.1) is 0 Å². The number of urea groups is 1. The lowest BCUT2D eigenvalue weighted by molar-refractivity contribution is -0.161. The number of nitrogens with zero attached hydrogens (tertiary/aromatic N) is 3. The zero-order valence-electron chi connectivity index (χ0n) is 17.0. The summed E-state index contributed by atoms with van der Waals surface area (Å²) in [5, 5.41) is 3.00. The quantitative estimate of drug-likeness (QED) is 0.811. The molecule has 7 nitrogen and oxygen atoms in total. The molecular weight excluding hydrogens is 344 g/mol. The molecule has 1 atom stereocenters. The van der Waals surface area contributed by atoms with Crippen LogP contribution in [0.1, 0.15) is 59.3 Å². The van der Waals surface area contributed by atoms with E-state index in [1.165, 1.54) is 0 Å². The van der Waals surface area contributed by atoms with Gasteiger partial charge in [-0.3, -0.25) is 9.59 Å². The molecule has 3 saturated heterocycles. The van der Waals surface area contributed by atoms with Crippen molar-refractivity contribution in [3.05, 3.63) is 0 Å². The van der Waals surface area contributed by atoms with Crippen LogP contribution in [0.15, 0.2) is 0 Å². The third-order valence-corrected chi connectivity index (χ3v) is 6.20. The summed E-state index contributed by atoms with van der Waals surface area (Å²) in [6.45, 7) is 9.50. The van der Waals surface area contributed by atoms with Crippen LogP contribution in [-0.4, -0.2) is 76.8 Å². The van der Waals surface area contributed by atoms with Crippen LogP contribution in [0.2, 0.25) is 0 Å². The molecule has 0 radical (unpaired) electrons. The Morgan fingerprint density at radius 1 is 1.11 bits per heavy atom. The van der Waals surface area contributed by atoms with Gasteiger partial charge in [-0.1, -0.05) is 20.8 Å². The minimum atomic E-state index is -0.789. The Hall–Kier alpha value is -1.79. The van der Waals surface area contributed by atoms with Gasteiger partial charge in [0.25, 0.3) is 0 Å². The molecule has 7 heteroatoms. The molecule has 0 aromatic carbocycles. The zero-order valence-corrected chi connectivity index (χ0v) is 17.0.